The average molecular weight is 554 g/mol. The smallest absolute Gasteiger partial charge is 0.264 e. The van der Waals surface area contributed by atoms with Gasteiger partial charge in [-0.1, -0.05) is 49.4 Å². The van der Waals surface area contributed by atoms with Crippen LogP contribution in [-0.2, 0) is 26.2 Å². The molecule has 0 aromatic heterocycles. The molecule has 0 aliphatic heterocycles. The molecule has 2 amide bonds. The number of aryl methyl sites for hydroxylation is 2. The molecule has 0 radical (unpaired) electrons. The molecule has 0 bridgehead atoms. The molecular weight excluding hydrogens is 517 g/mol. The van der Waals surface area contributed by atoms with E-state index < -0.39 is 40.2 Å². The number of anilines is 1. The summed E-state index contributed by atoms with van der Waals surface area (Å²) in [4.78, 5) is 28.2. The molecule has 0 fully saturated rings. The Balaban J connectivity index is 2.06. The van der Waals surface area contributed by atoms with Crippen LogP contribution in [0.2, 0.25) is 0 Å². The molecule has 0 saturated heterocycles. The standard InChI is InChI=1S/C30H36FN3O4S/c1-6-23(4)32-30(36)24(5)33(19-25-12-10-11-15-28(25)31)29(35)20-34(26-17-21(2)16-22(3)18-26)39(37,38)27-13-8-7-9-14-27/h7-18,23-24H,6,19-20H2,1-5H3,(H,32,36)/t23-,24+/m0/s1. The first-order valence-corrected chi connectivity index (χ1v) is 14.4. The van der Waals surface area contributed by atoms with Crippen LogP contribution in [0.5, 0.6) is 0 Å². The molecule has 208 valence electrons. The van der Waals surface area contributed by atoms with E-state index in [1.54, 1.807) is 43.3 Å². The lowest BCUT2D eigenvalue weighted by Gasteiger charge is -2.32. The number of nitrogens with one attached hydrogen (secondary N) is 1. The summed E-state index contributed by atoms with van der Waals surface area (Å²) in [6.45, 7) is 8.25. The normalized spacial score (nSPS) is 12.9. The third kappa shape index (κ3) is 7.44. The summed E-state index contributed by atoms with van der Waals surface area (Å²) in [5.74, 6) is -1.56. The monoisotopic (exact) mass is 553 g/mol. The summed E-state index contributed by atoms with van der Waals surface area (Å²) in [5.41, 5.74) is 2.20. The molecule has 3 aromatic carbocycles. The van der Waals surface area contributed by atoms with E-state index >= 15 is 0 Å². The van der Waals surface area contributed by atoms with Crippen LogP contribution >= 0.6 is 0 Å². The summed E-state index contributed by atoms with van der Waals surface area (Å²) < 4.78 is 43.3. The van der Waals surface area contributed by atoms with Crippen LogP contribution in [0, 0.1) is 19.7 Å². The number of nitrogens with zero attached hydrogens (tertiary/aromatic N) is 2. The summed E-state index contributed by atoms with van der Waals surface area (Å²) in [7, 11) is -4.15. The number of hydrogen-bond donors (Lipinski definition) is 1. The summed E-state index contributed by atoms with van der Waals surface area (Å²) >= 11 is 0. The maximum Gasteiger partial charge on any atom is 0.264 e. The molecule has 39 heavy (non-hydrogen) atoms. The van der Waals surface area contributed by atoms with E-state index in [9.17, 15) is 22.4 Å². The van der Waals surface area contributed by atoms with Gasteiger partial charge >= 0.3 is 0 Å². The van der Waals surface area contributed by atoms with E-state index in [0.717, 1.165) is 15.4 Å². The Kier molecular flexibility index (Phi) is 9.86. The van der Waals surface area contributed by atoms with Crippen molar-refractivity contribution in [3.63, 3.8) is 0 Å². The molecule has 0 unspecified atom stereocenters. The van der Waals surface area contributed by atoms with Gasteiger partial charge in [-0.05, 0) is 75.6 Å². The second kappa shape index (κ2) is 12.9. The van der Waals surface area contributed by atoms with Gasteiger partial charge < -0.3 is 10.2 Å². The Bertz CT molecular complexity index is 1390. The zero-order valence-corrected chi connectivity index (χ0v) is 23.8. The number of carbonyl (C=O) groups is 2. The maximum atomic E-state index is 14.6. The van der Waals surface area contributed by atoms with Crippen molar-refractivity contribution < 1.29 is 22.4 Å². The third-order valence-corrected chi connectivity index (χ3v) is 8.36. The van der Waals surface area contributed by atoms with Crippen molar-refractivity contribution in [1.29, 1.82) is 0 Å². The van der Waals surface area contributed by atoms with E-state index in [-0.39, 0.29) is 23.0 Å². The van der Waals surface area contributed by atoms with Crippen LogP contribution in [0.25, 0.3) is 0 Å². The molecule has 7 nitrogen and oxygen atoms in total. The largest absolute Gasteiger partial charge is 0.352 e. The Labute approximate surface area is 230 Å². The molecule has 0 saturated carbocycles. The average Bonchev–Trinajstić information content (AvgIpc) is 2.90. The van der Waals surface area contributed by atoms with Crippen LogP contribution in [0.3, 0.4) is 0 Å². The molecule has 3 rings (SSSR count). The van der Waals surface area contributed by atoms with Gasteiger partial charge in [-0.15, -0.1) is 0 Å². The fourth-order valence-corrected chi connectivity index (χ4v) is 5.62. The number of hydrogen-bond acceptors (Lipinski definition) is 4. The third-order valence-electron chi connectivity index (χ3n) is 6.57. The molecule has 1 N–H and O–H groups in total. The lowest BCUT2D eigenvalue weighted by atomic mass is 10.1. The minimum absolute atomic E-state index is 0.0279. The number of amides is 2. The first-order chi connectivity index (χ1) is 18.4. The quantitative estimate of drug-likeness (QED) is 0.363. The van der Waals surface area contributed by atoms with E-state index in [0.29, 0.717) is 12.1 Å². The molecule has 3 aromatic rings. The second-order valence-electron chi connectivity index (χ2n) is 9.78. The van der Waals surface area contributed by atoms with Gasteiger partial charge in [-0.25, -0.2) is 12.8 Å². The van der Waals surface area contributed by atoms with Gasteiger partial charge in [0.25, 0.3) is 10.0 Å². The Morgan fingerprint density at radius 1 is 0.923 bits per heavy atom. The van der Waals surface area contributed by atoms with Crippen LogP contribution in [0.4, 0.5) is 10.1 Å². The Morgan fingerprint density at radius 3 is 2.10 bits per heavy atom. The highest BCUT2D eigenvalue weighted by Gasteiger charge is 2.33. The van der Waals surface area contributed by atoms with Crippen LogP contribution in [-0.4, -0.2) is 43.8 Å². The SMILES string of the molecule is CC[C@H](C)NC(=O)[C@@H](C)N(Cc1ccccc1F)C(=O)CN(c1cc(C)cc(C)c1)S(=O)(=O)c1ccccc1. The van der Waals surface area contributed by atoms with Gasteiger partial charge in [0.15, 0.2) is 0 Å². The molecule has 0 spiro atoms. The summed E-state index contributed by atoms with van der Waals surface area (Å²) in [6, 6.07) is 18.1. The number of halogens is 1. The number of benzene rings is 3. The summed E-state index contributed by atoms with van der Waals surface area (Å²) in [6.07, 6.45) is 0.690. The van der Waals surface area contributed by atoms with Crippen LogP contribution in [0.15, 0.2) is 77.7 Å². The molecular formula is C30H36FN3O4S. The molecule has 2 atom stereocenters. The number of carbonyl (C=O) groups excluding carboxylic acids is 2. The minimum Gasteiger partial charge on any atom is -0.352 e. The van der Waals surface area contributed by atoms with Gasteiger partial charge in [0.1, 0.15) is 18.4 Å². The highest BCUT2D eigenvalue weighted by atomic mass is 32.2. The van der Waals surface area contributed by atoms with E-state index in [1.807, 2.05) is 33.8 Å². The Morgan fingerprint density at radius 2 is 1.51 bits per heavy atom. The zero-order chi connectivity index (χ0) is 28.7. The first-order valence-electron chi connectivity index (χ1n) is 12.9. The van der Waals surface area contributed by atoms with Crippen LogP contribution in [0.1, 0.15) is 43.9 Å². The van der Waals surface area contributed by atoms with Crippen molar-refractivity contribution in [2.45, 2.75) is 64.6 Å². The minimum atomic E-state index is -4.15. The van der Waals surface area contributed by atoms with E-state index in [2.05, 4.69) is 5.32 Å². The fraction of sp³-hybridized carbons (Fsp3) is 0.333. The second-order valence-corrected chi connectivity index (χ2v) is 11.6. The van der Waals surface area contributed by atoms with E-state index in [4.69, 9.17) is 0 Å². The van der Waals surface area contributed by atoms with Crippen molar-refractivity contribution in [1.82, 2.24) is 10.2 Å². The lowest BCUT2D eigenvalue weighted by Crippen LogP contribution is -2.52. The van der Waals surface area contributed by atoms with Gasteiger partial charge in [0.2, 0.25) is 11.8 Å². The predicted molar refractivity (Wildman–Crippen MR) is 151 cm³/mol. The number of sulfonamides is 1. The molecule has 0 aliphatic carbocycles. The zero-order valence-electron chi connectivity index (χ0n) is 23.0. The van der Waals surface area contributed by atoms with Gasteiger partial charge in [-0.2, -0.15) is 0 Å². The van der Waals surface area contributed by atoms with Crippen molar-refractivity contribution in [2.75, 3.05) is 10.8 Å². The van der Waals surface area contributed by atoms with Gasteiger partial charge in [-0.3, -0.25) is 13.9 Å². The van der Waals surface area contributed by atoms with Crippen molar-refractivity contribution in [3.05, 3.63) is 95.3 Å². The maximum absolute atomic E-state index is 14.6. The highest BCUT2D eigenvalue weighted by molar-refractivity contribution is 7.92. The van der Waals surface area contributed by atoms with Crippen molar-refractivity contribution >= 4 is 27.5 Å². The molecule has 0 aliphatic rings. The Hall–Kier alpha value is -3.72. The summed E-state index contributed by atoms with van der Waals surface area (Å²) in [5, 5.41) is 2.86. The van der Waals surface area contributed by atoms with Gasteiger partial charge in [0.05, 0.1) is 10.6 Å². The van der Waals surface area contributed by atoms with Gasteiger partial charge in [0, 0.05) is 18.2 Å². The van der Waals surface area contributed by atoms with Crippen molar-refractivity contribution in [3.8, 4) is 0 Å². The number of rotatable bonds is 11. The molecule has 0 heterocycles. The lowest BCUT2D eigenvalue weighted by molar-refractivity contribution is -0.139. The fourth-order valence-electron chi connectivity index (χ4n) is 4.20. The molecule has 9 heteroatoms. The predicted octanol–water partition coefficient (Wildman–Crippen LogP) is 4.97. The topological polar surface area (TPSA) is 86.8 Å². The first kappa shape index (κ1) is 29.8. The highest BCUT2D eigenvalue weighted by Crippen LogP contribution is 2.26. The van der Waals surface area contributed by atoms with E-state index in [1.165, 1.54) is 35.2 Å². The van der Waals surface area contributed by atoms with Crippen LogP contribution < -0.4 is 9.62 Å². The van der Waals surface area contributed by atoms with Crippen molar-refractivity contribution in [2.24, 2.45) is 0 Å².